The first-order valence-electron chi connectivity index (χ1n) is 8.32. The van der Waals surface area contributed by atoms with Crippen LogP contribution >= 0.6 is 11.6 Å². The van der Waals surface area contributed by atoms with Gasteiger partial charge in [-0.15, -0.1) is 0 Å². The lowest BCUT2D eigenvalue weighted by atomic mass is 10.2. The Labute approximate surface area is 152 Å². The molecule has 1 aliphatic rings. The fraction of sp³-hybridized carbons (Fsp3) is 0.389. The number of hydrogen-bond donors (Lipinski definition) is 1. The second-order valence-corrected chi connectivity index (χ2v) is 6.63. The van der Waals surface area contributed by atoms with Gasteiger partial charge in [-0.25, -0.2) is 4.98 Å². The van der Waals surface area contributed by atoms with E-state index in [9.17, 15) is 4.79 Å². The summed E-state index contributed by atoms with van der Waals surface area (Å²) in [5.41, 5.74) is 2.75. The molecule has 0 unspecified atom stereocenters. The van der Waals surface area contributed by atoms with E-state index in [4.69, 9.17) is 11.6 Å². The summed E-state index contributed by atoms with van der Waals surface area (Å²) >= 11 is 6.18. The maximum absolute atomic E-state index is 11.5. The molecule has 3 rings (SSSR count). The van der Waals surface area contributed by atoms with Crippen LogP contribution < -0.4 is 10.2 Å². The van der Waals surface area contributed by atoms with Gasteiger partial charge in [-0.2, -0.15) is 4.98 Å². The van der Waals surface area contributed by atoms with Gasteiger partial charge in [0.25, 0.3) is 0 Å². The third kappa shape index (κ3) is 4.02. The van der Waals surface area contributed by atoms with Gasteiger partial charge in [0, 0.05) is 55.6 Å². The van der Waals surface area contributed by atoms with Crippen molar-refractivity contribution in [1.82, 2.24) is 14.9 Å². The van der Waals surface area contributed by atoms with Gasteiger partial charge >= 0.3 is 0 Å². The van der Waals surface area contributed by atoms with Crippen LogP contribution in [0.4, 0.5) is 17.5 Å². The fourth-order valence-electron chi connectivity index (χ4n) is 2.88. The molecule has 1 amide bonds. The second-order valence-electron chi connectivity index (χ2n) is 6.22. The summed E-state index contributed by atoms with van der Waals surface area (Å²) in [5, 5.41) is 3.97. The van der Waals surface area contributed by atoms with Crippen LogP contribution in [0.25, 0.3) is 0 Å². The normalized spacial score (nSPS) is 14.6. The number of benzene rings is 1. The van der Waals surface area contributed by atoms with E-state index in [1.165, 1.54) is 0 Å². The fourth-order valence-corrected chi connectivity index (χ4v) is 3.06. The van der Waals surface area contributed by atoms with Crippen molar-refractivity contribution < 1.29 is 4.79 Å². The maximum Gasteiger partial charge on any atom is 0.229 e. The summed E-state index contributed by atoms with van der Waals surface area (Å²) in [7, 11) is 0. The molecule has 2 aromatic rings. The molecule has 1 fully saturated rings. The number of carbonyl (C=O) groups excluding carboxylic acids is 1. The topological polar surface area (TPSA) is 61.4 Å². The van der Waals surface area contributed by atoms with E-state index in [1.54, 1.807) is 6.92 Å². The summed E-state index contributed by atoms with van der Waals surface area (Å²) in [6.45, 7) is 8.50. The summed E-state index contributed by atoms with van der Waals surface area (Å²) in [4.78, 5) is 24.7. The van der Waals surface area contributed by atoms with Crippen LogP contribution in [0.2, 0.25) is 5.02 Å². The van der Waals surface area contributed by atoms with Crippen LogP contribution in [0, 0.1) is 13.8 Å². The molecule has 0 atom stereocenters. The monoisotopic (exact) mass is 359 g/mol. The van der Waals surface area contributed by atoms with Crippen molar-refractivity contribution in [2.24, 2.45) is 0 Å². The lowest BCUT2D eigenvalue weighted by Crippen LogP contribution is -2.48. The number of carbonyl (C=O) groups is 1. The Kier molecular flexibility index (Phi) is 5.08. The van der Waals surface area contributed by atoms with Gasteiger partial charge in [0.2, 0.25) is 11.9 Å². The lowest BCUT2D eigenvalue weighted by Gasteiger charge is -2.35. The number of halogens is 1. The number of piperazine rings is 1. The smallest absolute Gasteiger partial charge is 0.229 e. The van der Waals surface area contributed by atoms with Crippen LogP contribution in [-0.2, 0) is 4.79 Å². The van der Waals surface area contributed by atoms with Crippen molar-refractivity contribution in [3.05, 3.63) is 40.5 Å². The number of aromatic nitrogens is 2. The van der Waals surface area contributed by atoms with Crippen molar-refractivity contribution in [2.45, 2.75) is 20.8 Å². The lowest BCUT2D eigenvalue weighted by molar-refractivity contribution is -0.129. The van der Waals surface area contributed by atoms with Gasteiger partial charge in [-0.05, 0) is 31.5 Å². The van der Waals surface area contributed by atoms with E-state index in [0.29, 0.717) is 24.1 Å². The van der Waals surface area contributed by atoms with Gasteiger partial charge in [0.05, 0.1) is 0 Å². The summed E-state index contributed by atoms with van der Waals surface area (Å²) in [5.74, 6) is 1.55. The maximum atomic E-state index is 11.5. The molecule has 1 aromatic carbocycles. The number of anilines is 3. The third-order valence-electron chi connectivity index (χ3n) is 4.40. The molecule has 0 saturated carbocycles. The molecule has 0 spiro atoms. The predicted molar refractivity (Wildman–Crippen MR) is 101 cm³/mol. The molecule has 6 nitrogen and oxygen atoms in total. The Morgan fingerprint density at radius 1 is 1.16 bits per heavy atom. The standard InChI is InChI=1S/C18H22ClN5O/c1-12-11-17(24-9-7-23(8-10-24)14(3)25)22-18(20-12)21-16-6-4-5-15(19)13(16)2/h4-6,11H,7-10H2,1-3H3,(H,20,21,22). The zero-order valence-corrected chi connectivity index (χ0v) is 15.5. The van der Waals surface area contributed by atoms with E-state index in [2.05, 4.69) is 20.2 Å². The molecular weight excluding hydrogens is 338 g/mol. The van der Waals surface area contributed by atoms with Crippen LogP contribution in [-0.4, -0.2) is 47.0 Å². The molecule has 0 aliphatic carbocycles. The molecule has 7 heteroatoms. The quantitative estimate of drug-likeness (QED) is 0.912. The first kappa shape index (κ1) is 17.5. The Bertz CT molecular complexity index is 787. The predicted octanol–water partition coefficient (Wildman–Crippen LogP) is 3.16. The molecule has 0 bridgehead atoms. The first-order valence-corrected chi connectivity index (χ1v) is 8.70. The molecule has 1 saturated heterocycles. The first-order chi connectivity index (χ1) is 11.9. The second kappa shape index (κ2) is 7.27. The molecule has 2 heterocycles. The van der Waals surface area contributed by atoms with Crippen molar-refractivity contribution in [3.8, 4) is 0 Å². The van der Waals surface area contributed by atoms with E-state index in [-0.39, 0.29) is 5.91 Å². The Morgan fingerprint density at radius 2 is 1.88 bits per heavy atom. The van der Waals surface area contributed by atoms with Crippen LogP contribution in [0.1, 0.15) is 18.2 Å². The van der Waals surface area contributed by atoms with Crippen molar-refractivity contribution in [1.29, 1.82) is 0 Å². The SMILES string of the molecule is CC(=O)N1CCN(c2cc(C)nc(Nc3cccc(Cl)c3C)n2)CC1. The largest absolute Gasteiger partial charge is 0.353 e. The molecular formula is C18H22ClN5O. The van der Waals surface area contributed by atoms with Crippen molar-refractivity contribution >= 4 is 35.0 Å². The number of nitrogens with zero attached hydrogens (tertiary/aromatic N) is 4. The van der Waals surface area contributed by atoms with E-state index >= 15 is 0 Å². The third-order valence-corrected chi connectivity index (χ3v) is 4.81. The number of hydrogen-bond acceptors (Lipinski definition) is 5. The summed E-state index contributed by atoms with van der Waals surface area (Å²) in [6.07, 6.45) is 0. The Hall–Kier alpha value is -2.34. The molecule has 132 valence electrons. The average molecular weight is 360 g/mol. The number of aryl methyl sites for hydroxylation is 1. The van der Waals surface area contributed by atoms with Crippen LogP contribution in [0.15, 0.2) is 24.3 Å². The Balaban J connectivity index is 1.79. The molecule has 1 aromatic heterocycles. The number of rotatable bonds is 3. The number of nitrogens with one attached hydrogen (secondary N) is 1. The molecule has 1 N–H and O–H groups in total. The zero-order chi connectivity index (χ0) is 18.0. The highest BCUT2D eigenvalue weighted by Gasteiger charge is 2.20. The van der Waals surface area contributed by atoms with Gasteiger partial charge in [-0.1, -0.05) is 17.7 Å². The number of amides is 1. The minimum Gasteiger partial charge on any atom is -0.353 e. The van der Waals surface area contributed by atoms with Crippen LogP contribution in [0.3, 0.4) is 0 Å². The Morgan fingerprint density at radius 3 is 2.56 bits per heavy atom. The highest BCUT2D eigenvalue weighted by atomic mass is 35.5. The van der Waals surface area contributed by atoms with E-state index in [0.717, 1.165) is 35.9 Å². The van der Waals surface area contributed by atoms with Gasteiger partial charge in [-0.3, -0.25) is 4.79 Å². The van der Waals surface area contributed by atoms with Gasteiger partial charge in [0.15, 0.2) is 0 Å². The summed E-state index contributed by atoms with van der Waals surface area (Å²) in [6, 6.07) is 7.69. The summed E-state index contributed by atoms with van der Waals surface area (Å²) < 4.78 is 0. The average Bonchev–Trinajstić information content (AvgIpc) is 2.58. The van der Waals surface area contributed by atoms with Crippen molar-refractivity contribution in [2.75, 3.05) is 36.4 Å². The van der Waals surface area contributed by atoms with E-state index in [1.807, 2.05) is 43.0 Å². The van der Waals surface area contributed by atoms with Gasteiger partial charge < -0.3 is 15.1 Å². The minimum absolute atomic E-state index is 0.123. The molecule has 1 aliphatic heterocycles. The molecule has 25 heavy (non-hydrogen) atoms. The molecule has 0 radical (unpaired) electrons. The minimum atomic E-state index is 0.123. The van der Waals surface area contributed by atoms with Crippen molar-refractivity contribution in [3.63, 3.8) is 0 Å². The van der Waals surface area contributed by atoms with Crippen LogP contribution in [0.5, 0.6) is 0 Å². The zero-order valence-electron chi connectivity index (χ0n) is 14.7. The van der Waals surface area contributed by atoms with Gasteiger partial charge in [0.1, 0.15) is 5.82 Å². The highest BCUT2D eigenvalue weighted by Crippen LogP contribution is 2.26. The van der Waals surface area contributed by atoms with E-state index < -0.39 is 0 Å². The highest BCUT2D eigenvalue weighted by molar-refractivity contribution is 6.31.